The molecule has 2 heterocycles. The molecule has 0 spiro atoms. The minimum Gasteiger partial charge on any atom is -0.370 e. The summed E-state index contributed by atoms with van der Waals surface area (Å²) >= 11 is 0. The van der Waals surface area contributed by atoms with Gasteiger partial charge in [0.1, 0.15) is 0 Å². The number of aromatic nitrogens is 2. The summed E-state index contributed by atoms with van der Waals surface area (Å²) in [5, 5.41) is 7.80. The van der Waals surface area contributed by atoms with Crippen molar-refractivity contribution in [1.82, 2.24) is 15.1 Å². The van der Waals surface area contributed by atoms with Crippen LogP contribution in [0.3, 0.4) is 0 Å². The van der Waals surface area contributed by atoms with E-state index in [-0.39, 0.29) is 24.0 Å². The maximum Gasteiger partial charge on any atom is 0.191 e. The van der Waals surface area contributed by atoms with Crippen LogP contribution in [0, 0.1) is 0 Å². The number of nitrogens with zero attached hydrogens (tertiary/aromatic N) is 4. The summed E-state index contributed by atoms with van der Waals surface area (Å²) < 4.78 is 0. The molecule has 2 N–H and O–H groups in total. The van der Waals surface area contributed by atoms with E-state index in [2.05, 4.69) is 20.1 Å². The number of hydrogen-bond donors (Lipinski definition) is 1. The molecule has 6 heteroatoms. The average molecular weight is 361 g/mol. The number of hydrogen-bond acceptors (Lipinski definition) is 3. The van der Waals surface area contributed by atoms with Crippen molar-refractivity contribution in [2.24, 2.45) is 10.7 Å². The summed E-state index contributed by atoms with van der Waals surface area (Å²) in [6, 6.07) is 3.77. The minimum absolute atomic E-state index is 0. The first-order chi connectivity index (χ1) is 8.36. The Morgan fingerprint density at radius 3 is 2.61 bits per heavy atom. The lowest BCUT2D eigenvalue weighted by Crippen LogP contribution is -2.38. The van der Waals surface area contributed by atoms with Crippen LogP contribution in [-0.4, -0.2) is 34.1 Å². The Bertz CT molecular complexity index is 360. The van der Waals surface area contributed by atoms with Crippen molar-refractivity contribution in [3.8, 4) is 0 Å². The third kappa shape index (κ3) is 4.75. The van der Waals surface area contributed by atoms with Crippen molar-refractivity contribution < 1.29 is 0 Å². The van der Waals surface area contributed by atoms with Gasteiger partial charge in [-0.1, -0.05) is 12.8 Å². The fourth-order valence-electron chi connectivity index (χ4n) is 1.98. The van der Waals surface area contributed by atoms with Crippen molar-refractivity contribution in [2.45, 2.75) is 32.2 Å². The Kier molecular flexibility index (Phi) is 6.92. The number of likely N-dealkylation sites (tertiary alicyclic amines) is 1. The summed E-state index contributed by atoms with van der Waals surface area (Å²) in [5.41, 5.74) is 6.85. The molecular weight excluding hydrogens is 341 g/mol. The largest absolute Gasteiger partial charge is 0.370 e. The van der Waals surface area contributed by atoms with Crippen LogP contribution in [-0.2, 0) is 6.54 Å². The van der Waals surface area contributed by atoms with E-state index >= 15 is 0 Å². The molecule has 0 saturated carbocycles. The fourth-order valence-corrected chi connectivity index (χ4v) is 1.98. The Labute approximate surface area is 125 Å². The molecule has 1 fully saturated rings. The van der Waals surface area contributed by atoms with Crippen LogP contribution in [0.4, 0.5) is 0 Å². The van der Waals surface area contributed by atoms with Gasteiger partial charge < -0.3 is 10.6 Å². The Morgan fingerprint density at radius 2 is 2.00 bits per heavy atom. The van der Waals surface area contributed by atoms with Gasteiger partial charge in [0.15, 0.2) is 5.96 Å². The molecule has 5 nitrogen and oxygen atoms in total. The first-order valence-corrected chi connectivity index (χ1v) is 6.18. The topological polar surface area (TPSA) is 67.4 Å². The van der Waals surface area contributed by atoms with Crippen molar-refractivity contribution in [2.75, 3.05) is 13.1 Å². The number of nitrogens with two attached hydrogens (primary N) is 1. The highest BCUT2D eigenvalue weighted by atomic mass is 127. The van der Waals surface area contributed by atoms with Crippen molar-refractivity contribution >= 4 is 29.9 Å². The van der Waals surface area contributed by atoms with Crippen LogP contribution in [0.2, 0.25) is 0 Å². The molecule has 0 aliphatic carbocycles. The van der Waals surface area contributed by atoms with Crippen molar-refractivity contribution in [1.29, 1.82) is 0 Å². The van der Waals surface area contributed by atoms with Gasteiger partial charge in [0.2, 0.25) is 0 Å². The number of halogens is 1. The third-order valence-electron chi connectivity index (χ3n) is 2.96. The quantitative estimate of drug-likeness (QED) is 0.496. The molecule has 1 aliphatic rings. The summed E-state index contributed by atoms with van der Waals surface area (Å²) in [6.45, 7) is 2.56. The van der Waals surface area contributed by atoms with Gasteiger partial charge in [-0.15, -0.1) is 24.0 Å². The Balaban J connectivity index is 0.00000162. The van der Waals surface area contributed by atoms with E-state index in [9.17, 15) is 0 Å². The molecule has 0 atom stereocenters. The highest BCUT2D eigenvalue weighted by molar-refractivity contribution is 14.0. The van der Waals surface area contributed by atoms with Crippen molar-refractivity contribution in [3.63, 3.8) is 0 Å². The van der Waals surface area contributed by atoms with Crippen LogP contribution in [0.5, 0.6) is 0 Å². The zero-order valence-electron chi connectivity index (χ0n) is 10.5. The molecule has 2 rings (SSSR count). The monoisotopic (exact) mass is 361 g/mol. The van der Waals surface area contributed by atoms with E-state index in [1.165, 1.54) is 25.7 Å². The molecule has 0 unspecified atom stereocenters. The molecule has 0 bridgehead atoms. The van der Waals surface area contributed by atoms with Crippen LogP contribution < -0.4 is 5.73 Å². The first kappa shape index (κ1) is 15.1. The van der Waals surface area contributed by atoms with Crippen LogP contribution in [0.1, 0.15) is 31.4 Å². The predicted octanol–water partition coefficient (Wildman–Crippen LogP) is 1.79. The summed E-state index contributed by atoms with van der Waals surface area (Å²) in [4.78, 5) is 6.55. The maximum absolute atomic E-state index is 5.99. The third-order valence-corrected chi connectivity index (χ3v) is 2.96. The molecule has 100 valence electrons. The number of aliphatic imine (C=N–C) groups is 1. The molecule has 1 aromatic heterocycles. The molecule has 1 aromatic rings. The molecule has 0 radical (unpaired) electrons. The highest BCUT2D eigenvalue weighted by Gasteiger charge is 2.10. The lowest BCUT2D eigenvalue weighted by atomic mass is 10.2. The lowest BCUT2D eigenvalue weighted by Gasteiger charge is -2.20. The average Bonchev–Trinajstić information content (AvgIpc) is 2.66. The molecule has 1 saturated heterocycles. The van der Waals surface area contributed by atoms with Gasteiger partial charge in [-0.3, -0.25) is 0 Å². The zero-order valence-corrected chi connectivity index (χ0v) is 12.8. The van der Waals surface area contributed by atoms with Crippen LogP contribution in [0.15, 0.2) is 23.3 Å². The fraction of sp³-hybridized carbons (Fsp3) is 0.583. The Hall–Kier alpha value is -0.920. The standard InChI is InChI=1S/C12H19N5.HI/c13-12(17-8-3-1-2-4-9-17)14-10-11-6-5-7-15-16-11;/h5-7H,1-4,8-10H2,(H2,13,14);1H. The van der Waals surface area contributed by atoms with E-state index < -0.39 is 0 Å². The van der Waals surface area contributed by atoms with Crippen LogP contribution >= 0.6 is 24.0 Å². The van der Waals surface area contributed by atoms with E-state index in [0.29, 0.717) is 12.5 Å². The van der Waals surface area contributed by atoms with E-state index in [0.717, 1.165) is 18.8 Å². The lowest BCUT2D eigenvalue weighted by molar-refractivity contribution is 0.428. The molecular formula is C12H20IN5. The molecule has 18 heavy (non-hydrogen) atoms. The van der Waals surface area contributed by atoms with Gasteiger partial charge in [0.05, 0.1) is 12.2 Å². The highest BCUT2D eigenvalue weighted by Crippen LogP contribution is 2.09. The van der Waals surface area contributed by atoms with Gasteiger partial charge in [-0.05, 0) is 25.0 Å². The number of guanidine groups is 1. The Morgan fingerprint density at radius 1 is 1.28 bits per heavy atom. The predicted molar refractivity (Wildman–Crippen MR) is 82.8 cm³/mol. The summed E-state index contributed by atoms with van der Waals surface area (Å²) in [7, 11) is 0. The number of rotatable bonds is 2. The van der Waals surface area contributed by atoms with Gasteiger partial charge in [0.25, 0.3) is 0 Å². The van der Waals surface area contributed by atoms with E-state index in [1.807, 2.05) is 12.1 Å². The second-order valence-corrected chi connectivity index (χ2v) is 4.29. The summed E-state index contributed by atoms with van der Waals surface area (Å²) in [6.07, 6.45) is 6.68. The van der Waals surface area contributed by atoms with Gasteiger partial charge >= 0.3 is 0 Å². The first-order valence-electron chi connectivity index (χ1n) is 6.18. The zero-order chi connectivity index (χ0) is 11.9. The normalized spacial score (nSPS) is 16.9. The van der Waals surface area contributed by atoms with Gasteiger partial charge in [0, 0.05) is 19.3 Å². The molecule has 0 aromatic carbocycles. The van der Waals surface area contributed by atoms with Crippen molar-refractivity contribution in [3.05, 3.63) is 24.0 Å². The summed E-state index contributed by atoms with van der Waals surface area (Å²) in [5.74, 6) is 0.637. The van der Waals surface area contributed by atoms with E-state index in [1.54, 1.807) is 6.20 Å². The maximum atomic E-state index is 5.99. The second kappa shape index (κ2) is 8.23. The molecule has 1 aliphatic heterocycles. The SMILES string of the molecule is I.NC(=NCc1cccnn1)N1CCCCCC1. The van der Waals surface area contributed by atoms with Crippen LogP contribution in [0.25, 0.3) is 0 Å². The minimum atomic E-state index is 0. The van der Waals surface area contributed by atoms with Gasteiger partial charge in [-0.2, -0.15) is 10.2 Å². The van der Waals surface area contributed by atoms with Gasteiger partial charge in [-0.25, -0.2) is 4.99 Å². The molecule has 0 amide bonds. The second-order valence-electron chi connectivity index (χ2n) is 4.29. The smallest absolute Gasteiger partial charge is 0.191 e. The van der Waals surface area contributed by atoms with E-state index in [4.69, 9.17) is 5.73 Å².